The van der Waals surface area contributed by atoms with Crippen molar-refractivity contribution in [1.82, 2.24) is 19.9 Å². The van der Waals surface area contributed by atoms with Crippen molar-refractivity contribution in [1.29, 1.82) is 0 Å². The van der Waals surface area contributed by atoms with Crippen molar-refractivity contribution in [2.24, 2.45) is 0 Å². The van der Waals surface area contributed by atoms with Gasteiger partial charge in [0.15, 0.2) is 11.5 Å². The first-order valence-electron chi connectivity index (χ1n) is 10.0. The van der Waals surface area contributed by atoms with Gasteiger partial charge in [-0.05, 0) is 37.2 Å². The van der Waals surface area contributed by atoms with Crippen molar-refractivity contribution in [2.75, 3.05) is 31.2 Å². The minimum Gasteiger partial charge on any atom is -0.486 e. The SMILES string of the molecule is CCc1ccccc1Nc1nc(N)nc(CN(C)C[C@@H]2COc3ccccc3O2)n1. The summed E-state index contributed by atoms with van der Waals surface area (Å²) in [5, 5.41) is 3.26. The van der Waals surface area contributed by atoms with Gasteiger partial charge in [-0.15, -0.1) is 0 Å². The number of likely N-dealkylation sites (N-methyl/N-ethyl adjacent to an activating group) is 1. The van der Waals surface area contributed by atoms with E-state index in [1.807, 2.05) is 49.5 Å². The summed E-state index contributed by atoms with van der Waals surface area (Å²) < 4.78 is 11.8. The molecule has 8 nitrogen and oxygen atoms in total. The van der Waals surface area contributed by atoms with Gasteiger partial charge in [0.1, 0.15) is 18.5 Å². The number of fused-ring (bicyclic) bond motifs is 1. The fraction of sp³-hybridized carbons (Fsp3) is 0.318. The largest absolute Gasteiger partial charge is 0.486 e. The molecule has 0 bridgehead atoms. The Morgan fingerprint density at radius 1 is 1.07 bits per heavy atom. The monoisotopic (exact) mass is 406 g/mol. The number of rotatable bonds is 7. The lowest BCUT2D eigenvalue weighted by Crippen LogP contribution is -2.39. The quantitative estimate of drug-likeness (QED) is 0.618. The zero-order valence-electron chi connectivity index (χ0n) is 17.2. The molecule has 1 aliphatic rings. The van der Waals surface area contributed by atoms with Crippen LogP contribution in [0.25, 0.3) is 0 Å². The molecular weight excluding hydrogens is 380 g/mol. The van der Waals surface area contributed by atoms with E-state index in [2.05, 4.69) is 38.2 Å². The first-order chi connectivity index (χ1) is 14.6. The van der Waals surface area contributed by atoms with Crippen molar-refractivity contribution in [3.63, 3.8) is 0 Å². The second-order valence-electron chi connectivity index (χ2n) is 7.26. The van der Waals surface area contributed by atoms with Crippen molar-refractivity contribution >= 4 is 17.6 Å². The molecule has 0 saturated heterocycles. The van der Waals surface area contributed by atoms with E-state index in [1.165, 1.54) is 5.56 Å². The number of nitrogens with one attached hydrogen (secondary N) is 1. The molecule has 2 aromatic carbocycles. The Hall–Kier alpha value is -3.39. The van der Waals surface area contributed by atoms with Crippen LogP contribution in [0.15, 0.2) is 48.5 Å². The Labute approximate surface area is 176 Å². The lowest BCUT2D eigenvalue weighted by atomic mass is 10.1. The third kappa shape index (κ3) is 4.77. The molecule has 1 atom stereocenters. The molecule has 0 amide bonds. The molecule has 3 aromatic rings. The summed E-state index contributed by atoms with van der Waals surface area (Å²) in [4.78, 5) is 15.2. The standard InChI is InChI=1S/C22H26N6O2/c1-3-15-8-4-5-9-17(15)24-22-26-20(25-21(23)27-22)13-28(2)12-16-14-29-18-10-6-7-11-19(18)30-16/h4-11,16H,3,12-14H2,1-2H3,(H3,23,24,25,26,27)/t16-/m1/s1. The van der Waals surface area contributed by atoms with Gasteiger partial charge in [0.2, 0.25) is 11.9 Å². The zero-order chi connectivity index (χ0) is 20.9. The molecule has 0 saturated carbocycles. The molecule has 30 heavy (non-hydrogen) atoms. The van der Waals surface area contributed by atoms with Crippen molar-refractivity contribution in [2.45, 2.75) is 26.0 Å². The van der Waals surface area contributed by atoms with Crippen molar-refractivity contribution < 1.29 is 9.47 Å². The van der Waals surface area contributed by atoms with Gasteiger partial charge in [-0.25, -0.2) is 0 Å². The minimum atomic E-state index is -0.0712. The molecule has 156 valence electrons. The molecule has 8 heteroatoms. The summed E-state index contributed by atoms with van der Waals surface area (Å²) >= 11 is 0. The number of aryl methyl sites for hydroxylation is 1. The third-order valence-electron chi connectivity index (χ3n) is 4.84. The van der Waals surface area contributed by atoms with Crippen LogP contribution >= 0.6 is 0 Å². The predicted molar refractivity (Wildman–Crippen MR) is 116 cm³/mol. The van der Waals surface area contributed by atoms with E-state index in [1.54, 1.807) is 0 Å². The maximum Gasteiger partial charge on any atom is 0.232 e. The molecule has 0 fully saturated rings. The first kappa shape index (κ1) is 19.9. The molecule has 3 N–H and O–H groups in total. The molecule has 0 spiro atoms. The minimum absolute atomic E-state index is 0.0712. The summed E-state index contributed by atoms with van der Waals surface area (Å²) in [5.41, 5.74) is 8.09. The highest BCUT2D eigenvalue weighted by Crippen LogP contribution is 2.31. The highest BCUT2D eigenvalue weighted by Gasteiger charge is 2.22. The summed E-state index contributed by atoms with van der Waals surface area (Å²) in [5.74, 6) is 2.78. The van der Waals surface area contributed by atoms with E-state index in [0.29, 0.717) is 31.5 Å². The van der Waals surface area contributed by atoms with Gasteiger partial charge in [-0.3, -0.25) is 4.90 Å². The topological polar surface area (TPSA) is 98.4 Å². The van der Waals surface area contributed by atoms with Gasteiger partial charge in [0.25, 0.3) is 0 Å². The van der Waals surface area contributed by atoms with E-state index >= 15 is 0 Å². The number of aromatic nitrogens is 3. The van der Waals surface area contributed by atoms with Crippen LogP contribution in [-0.2, 0) is 13.0 Å². The number of para-hydroxylation sites is 3. The Kier molecular flexibility index (Phi) is 5.94. The van der Waals surface area contributed by atoms with Gasteiger partial charge in [-0.2, -0.15) is 15.0 Å². The van der Waals surface area contributed by atoms with Crippen LogP contribution in [0, 0.1) is 0 Å². The average Bonchev–Trinajstić information content (AvgIpc) is 2.73. The summed E-state index contributed by atoms with van der Waals surface area (Å²) in [7, 11) is 1.99. The Morgan fingerprint density at radius 2 is 1.83 bits per heavy atom. The number of nitrogen functional groups attached to an aromatic ring is 1. The molecule has 1 aliphatic heterocycles. The molecule has 1 aromatic heterocycles. The third-order valence-corrected chi connectivity index (χ3v) is 4.84. The van der Waals surface area contributed by atoms with E-state index in [0.717, 1.165) is 23.6 Å². The zero-order valence-corrected chi connectivity index (χ0v) is 17.2. The second kappa shape index (κ2) is 8.96. The number of hydrogen-bond acceptors (Lipinski definition) is 8. The number of nitrogens with zero attached hydrogens (tertiary/aromatic N) is 4. The Balaban J connectivity index is 1.41. The number of nitrogens with two attached hydrogens (primary N) is 1. The lowest BCUT2D eigenvalue weighted by Gasteiger charge is -2.29. The fourth-order valence-electron chi connectivity index (χ4n) is 3.44. The maximum atomic E-state index is 6.04. The van der Waals surface area contributed by atoms with Crippen LogP contribution in [0.5, 0.6) is 11.5 Å². The summed E-state index contributed by atoms with van der Waals surface area (Å²) in [6.45, 7) is 3.79. The Bertz CT molecular complexity index is 1010. The summed E-state index contributed by atoms with van der Waals surface area (Å²) in [6.07, 6.45) is 0.837. The van der Waals surface area contributed by atoms with Gasteiger partial charge in [0, 0.05) is 12.2 Å². The fourth-order valence-corrected chi connectivity index (χ4v) is 3.44. The van der Waals surface area contributed by atoms with Crippen molar-refractivity contribution in [3.05, 3.63) is 59.9 Å². The van der Waals surface area contributed by atoms with Crippen LogP contribution in [0.2, 0.25) is 0 Å². The predicted octanol–water partition coefficient (Wildman–Crippen LogP) is 3.03. The van der Waals surface area contributed by atoms with Gasteiger partial charge in [-0.1, -0.05) is 37.3 Å². The van der Waals surface area contributed by atoms with Crippen LogP contribution in [0.3, 0.4) is 0 Å². The van der Waals surface area contributed by atoms with Gasteiger partial charge < -0.3 is 20.5 Å². The summed E-state index contributed by atoms with van der Waals surface area (Å²) in [6, 6.07) is 15.8. The molecule has 4 rings (SSSR count). The highest BCUT2D eigenvalue weighted by atomic mass is 16.6. The van der Waals surface area contributed by atoms with Crippen molar-refractivity contribution in [3.8, 4) is 11.5 Å². The van der Waals surface area contributed by atoms with E-state index in [9.17, 15) is 0 Å². The van der Waals surface area contributed by atoms with E-state index in [-0.39, 0.29) is 12.1 Å². The smallest absolute Gasteiger partial charge is 0.232 e. The number of ether oxygens (including phenoxy) is 2. The molecule has 0 unspecified atom stereocenters. The van der Waals surface area contributed by atoms with Gasteiger partial charge in [0.05, 0.1) is 6.54 Å². The number of hydrogen-bond donors (Lipinski definition) is 2. The molecule has 0 aliphatic carbocycles. The lowest BCUT2D eigenvalue weighted by molar-refractivity contribution is 0.0632. The van der Waals surface area contributed by atoms with E-state index < -0.39 is 0 Å². The van der Waals surface area contributed by atoms with Crippen LogP contribution in [0.1, 0.15) is 18.3 Å². The van der Waals surface area contributed by atoms with E-state index in [4.69, 9.17) is 15.2 Å². The molecule has 0 radical (unpaired) electrons. The molecular formula is C22H26N6O2. The normalized spacial score (nSPS) is 15.2. The highest BCUT2D eigenvalue weighted by molar-refractivity contribution is 5.58. The van der Waals surface area contributed by atoms with Crippen LogP contribution in [0.4, 0.5) is 17.6 Å². The maximum absolute atomic E-state index is 6.04. The van der Waals surface area contributed by atoms with Gasteiger partial charge >= 0.3 is 0 Å². The first-order valence-corrected chi connectivity index (χ1v) is 10.0. The van der Waals surface area contributed by atoms with Crippen LogP contribution < -0.4 is 20.5 Å². The number of benzene rings is 2. The molecule has 2 heterocycles. The number of anilines is 3. The second-order valence-corrected chi connectivity index (χ2v) is 7.26. The average molecular weight is 406 g/mol. The Morgan fingerprint density at radius 3 is 2.67 bits per heavy atom. The van der Waals surface area contributed by atoms with Crippen LogP contribution in [-0.4, -0.2) is 46.2 Å².